The summed E-state index contributed by atoms with van der Waals surface area (Å²) in [5.41, 5.74) is 1.77. The van der Waals surface area contributed by atoms with Crippen LogP contribution in [-0.4, -0.2) is 67.9 Å². The van der Waals surface area contributed by atoms with Crippen LogP contribution in [0.15, 0.2) is 78.9 Å². The molecule has 1 saturated heterocycles. The summed E-state index contributed by atoms with van der Waals surface area (Å²) < 4.78 is 17.9. The number of hydrogen-bond donors (Lipinski definition) is 2. The molecular formula is C34H42N2O6. The molecule has 0 bridgehead atoms. The number of hydrogen-bond acceptors (Lipinski definition) is 6. The van der Waals surface area contributed by atoms with Gasteiger partial charge in [-0.2, -0.15) is 0 Å². The number of likely N-dealkylation sites (tertiary alicyclic amines) is 1. The van der Waals surface area contributed by atoms with Crippen LogP contribution in [0.1, 0.15) is 55.7 Å². The van der Waals surface area contributed by atoms with Gasteiger partial charge in [0, 0.05) is 26.4 Å². The van der Waals surface area contributed by atoms with Gasteiger partial charge in [-0.1, -0.05) is 61.0 Å². The zero-order valence-corrected chi connectivity index (χ0v) is 24.8. The first kappa shape index (κ1) is 31.1. The highest BCUT2D eigenvalue weighted by Gasteiger charge is 2.41. The molecule has 0 aromatic heterocycles. The summed E-state index contributed by atoms with van der Waals surface area (Å²) >= 11 is 0. The molecular weight excluding hydrogens is 532 g/mol. The van der Waals surface area contributed by atoms with Gasteiger partial charge in [-0.15, -0.1) is 0 Å². The first-order valence-corrected chi connectivity index (χ1v) is 14.6. The number of aliphatic hydroxyl groups excluding tert-OH is 1. The fourth-order valence-electron chi connectivity index (χ4n) is 5.64. The average molecular weight is 575 g/mol. The highest BCUT2D eigenvalue weighted by atomic mass is 16.5. The Bertz CT molecular complexity index is 1230. The van der Waals surface area contributed by atoms with Crippen molar-refractivity contribution in [2.75, 3.05) is 33.9 Å². The van der Waals surface area contributed by atoms with Gasteiger partial charge in [-0.25, -0.2) is 0 Å². The van der Waals surface area contributed by atoms with Crippen molar-refractivity contribution in [1.29, 1.82) is 0 Å². The molecule has 0 spiro atoms. The second-order valence-electron chi connectivity index (χ2n) is 10.7. The van der Waals surface area contributed by atoms with Crippen LogP contribution in [0.4, 0.5) is 0 Å². The van der Waals surface area contributed by atoms with Crippen molar-refractivity contribution < 1.29 is 28.9 Å². The Labute approximate surface area is 248 Å². The standard InChI is InChI=1S/C34H42N2O6/c1-25(37)35-21-9-5-8-12-33(39)36-23-30(38)22-29(36)24-42-34(26-10-6-4-7-11-26,27-13-17-31(40-2)18-14-27)28-15-19-32(41-3)20-16-28/h4,6-7,10-11,13-20,29-30,38H,5,8-9,12,21-24H2,1-3H3,(H,35,37)/t29-,30+/m0/s1. The Morgan fingerprint density at radius 2 is 1.43 bits per heavy atom. The molecule has 42 heavy (non-hydrogen) atoms. The Morgan fingerprint density at radius 1 is 0.857 bits per heavy atom. The molecule has 8 heteroatoms. The zero-order chi connectivity index (χ0) is 30.0. The van der Waals surface area contributed by atoms with Gasteiger partial charge >= 0.3 is 0 Å². The minimum atomic E-state index is -0.994. The topological polar surface area (TPSA) is 97.3 Å². The van der Waals surface area contributed by atoms with E-state index in [1.54, 1.807) is 19.1 Å². The minimum Gasteiger partial charge on any atom is -0.497 e. The number of carbonyl (C=O) groups is 2. The molecule has 2 N–H and O–H groups in total. The molecule has 3 aromatic carbocycles. The number of carbonyl (C=O) groups excluding carboxylic acids is 2. The summed E-state index contributed by atoms with van der Waals surface area (Å²) in [7, 11) is 3.28. The van der Waals surface area contributed by atoms with Gasteiger partial charge < -0.3 is 29.5 Å². The SMILES string of the molecule is COc1ccc(C(OC[C@@H]2C[C@@H](O)CN2C(=O)CCCCCNC(C)=O)(c2ccccc2)c2ccc(OC)cc2)cc1. The molecule has 0 aliphatic carbocycles. The number of amides is 2. The summed E-state index contributed by atoms with van der Waals surface area (Å²) in [6.45, 7) is 2.64. The second-order valence-corrected chi connectivity index (χ2v) is 10.7. The summed E-state index contributed by atoms with van der Waals surface area (Å²) in [5.74, 6) is 1.45. The van der Waals surface area contributed by atoms with Crippen LogP contribution < -0.4 is 14.8 Å². The third-order valence-electron chi connectivity index (χ3n) is 7.82. The molecule has 2 atom stereocenters. The largest absolute Gasteiger partial charge is 0.497 e. The van der Waals surface area contributed by atoms with Gasteiger partial charge in [0.1, 0.15) is 17.1 Å². The number of ether oxygens (including phenoxy) is 3. The monoisotopic (exact) mass is 574 g/mol. The fraction of sp³-hybridized carbons (Fsp3) is 0.412. The average Bonchev–Trinajstić information content (AvgIpc) is 3.40. The number of β-amino-alcohol motifs (C(OH)–C–C–N with tert-alkyl or cyclic N) is 1. The van der Waals surface area contributed by atoms with E-state index in [1.165, 1.54) is 6.92 Å². The molecule has 1 heterocycles. The van der Waals surface area contributed by atoms with Crippen molar-refractivity contribution >= 4 is 11.8 Å². The van der Waals surface area contributed by atoms with E-state index in [4.69, 9.17) is 14.2 Å². The second kappa shape index (κ2) is 14.8. The molecule has 1 aliphatic rings. The van der Waals surface area contributed by atoms with E-state index < -0.39 is 11.7 Å². The van der Waals surface area contributed by atoms with E-state index >= 15 is 0 Å². The first-order chi connectivity index (χ1) is 20.4. The van der Waals surface area contributed by atoms with Crippen molar-refractivity contribution in [3.63, 3.8) is 0 Å². The van der Waals surface area contributed by atoms with Crippen molar-refractivity contribution in [2.45, 2.75) is 56.8 Å². The van der Waals surface area contributed by atoms with Crippen molar-refractivity contribution in [1.82, 2.24) is 10.2 Å². The minimum absolute atomic E-state index is 0.0129. The van der Waals surface area contributed by atoms with E-state index in [2.05, 4.69) is 5.32 Å². The van der Waals surface area contributed by atoms with Gasteiger partial charge in [0.2, 0.25) is 11.8 Å². The van der Waals surface area contributed by atoms with Crippen LogP contribution in [0.5, 0.6) is 11.5 Å². The lowest BCUT2D eigenvalue weighted by molar-refractivity contribution is -0.134. The van der Waals surface area contributed by atoms with Crippen molar-refractivity contribution in [3.05, 3.63) is 95.6 Å². The third-order valence-corrected chi connectivity index (χ3v) is 7.82. The Kier molecular flexibility index (Phi) is 11.0. The summed E-state index contributed by atoms with van der Waals surface area (Å²) in [6, 6.07) is 25.4. The number of unbranched alkanes of at least 4 members (excludes halogenated alkanes) is 2. The van der Waals surface area contributed by atoms with E-state index in [0.29, 0.717) is 25.9 Å². The van der Waals surface area contributed by atoms with Crippen LogP contribution in [-0.2, 0) is 19.9 Å². The maximum atomic E-state index is 13.3. The van der Waals surface area contributed by atoms with Gasteiger partial charge in [0.15, 0.2) is 0 Å². The van der Waals surface area contributed by atoms with Gasteiger partial charge in [0.05, 0.1) is 33.0 Å². The first-order valence-electron chi connectivity index (χ1n) is 14.6. The Balaban J connectivity index is 1.60. The molecule has 0 radical (unpaired) electrons. The lowest BCUT2D eigenvalue weighted by Crippen LogP contribution is -2.42. The Hall–Kier alpha value is -3.88. The summed E-state index contributed by atoms with van der Waals surface area (Å²) in [5, 5.41) is 13.4. The number of nitrogens with one attached hydrogen (secondary N) is 1. The van der Waals surface area contributed by atoms with Gasteiger partial charge in [-0.05, 0) is 60.2 Å². The van der Waals surface area contributed by atoms with E-state index in [-0.39, 0.29) is 24.5 Å². The predicted molar refractivity (Wildman–Crippen MR) is 162 cm³/mol. The van der Waals surface area contributed by atoms with Crippen LogP contribution in [0, 0.1) is 0 Å². The fourth-order valence-corrected chi connectivity index (χ4v) is 5.64. The molecule has 1 fully saturated rings. The highest BCUT2D eigenvalue weighted by Crippen LogP contribution is 2.42. The number of rotatable bonds is 14. The molecule has 3 aromatic rings. The Morgan fingerprint density at radius 3 is 1.98 bits per heavy atom. The van der Waals surface area contributed by atoms with Crippen LogP contribution >= 0.6 is 0 Å². The van der Waals surface area contributed by atoms with Crippen LogP contribution in [0.2, 0.25) is 0 Å². The smallest absolute Gasteiger partial charge is 0.222 e. The predicted octanol–water partition coefficient (Wildman–Crippen LogP) is 4.67. The lowest BCUT2D eigenvalue weighted by Gasteiger charge is -2.38. The van der Waals surface area contributed by atoms with Crippen LogP contribution in [0.3, 0.4) is 0 Å². The lowest BCUT2D eigenvalue weighted by atomic mass is 9.80. The van der Waals surface area contributed by atoms with E-state index in [1.807, 2.05) is 78.9 Å². The molecule has 0 saturated carbocycles. The van der Waals surface area contributed by atoms with Crippen molar-refractivity contribution in [2.24, 2.45) is 0 Å². The van der Waals surface area contributed by atoms with E-state index in [9.17, 15) is 14.7 Å². The normalized spacial score (nSPS) is 16.7. The third kappa shape index (κ3) is 7.49. The molecule has 224 valence electrons. The van der Waals surface area contributed by atoms with E-state index in [0.717, 1.165) is 47.5 Å². The number of aliphatic hydroxyl groups is 1. The van der Waals surface area contributed by atoms with Crippen molar-refractivity contribution in [3.8, 4) is 11.5 Å². The molecule has 1 aliphatic heterocycles. The highest BCUT2D eigenvalue weighted by molar-refractivity contribution is 5.77. The molecule has 4 rings (SSSR count). The molecule has 8 nitrogen and oxygen atoms in total. The number of methoxy groups -OCH3 is 2. The maximum Gasteiger partial charge on any atom is 0.222 e. The quantitative estimate of drug-likeness (QED) is 0.215. The number of benzene rings is 3. The van der Waals surface area contributed by atoms with Gasteiger partial charge in [-0.3, -0.25) is 9.59 Å². The zero-order valence-electron chi connectivity index (χ0n) is 24.8. The summed E-state index contributed by atoms with van der Waals surface area (Å²) in [6.07, 6.45) is 2.63. The molecule has 2 amide bonds. The van der Waals surface area contributed by atoms with Crippen LogP contribution in [0.25, 0.3) is 0 Å². The molecule has 0 unspecified atom stereocenters. The van der Waals surface area contributed by atoms with Gasteiger partial charge in [0.25, 0.3) is 0 Å². The number of nitrogens with zero attached hydrogens (tertiary/aromatic N) is 1. The summed E-state index contributed by atoms with van der Waals surface area (Å²) in [4.78, 5) is 26.1. The maximum absolute atomic E-state index is 13.3.